The summed E-state index contributed by atoms with van der Waals surface area (Å²) in [5, 5.41) is 1.57. The van der Waals surface area contributed by atoms with E-state index in [1.807, 2.05) is 0 Å². The Kier molecular flexibility index (Phi) is 2.00. The van der Waals surface area contributed by atoms with E-state index in [9.17, 15) is 4.79 Å². The fraction of sp³-hybridized carbons (Fsp3) is 0.933. The van der Waals surface area contributed by atoms with E-state index in [1.165, 1.54) is 32.1 Å². The zero-order chi connectivity index (χ0) is 11.8. The van der Waals surface area contributed by atoms with Crippen molar-refractivity contribution in [3.05, 3.63) is 0 Å². The second-order valence-electron chi connectivity index (χ2n) is 7.31. The summed E-state index contributed by atoms with van der Waals surface area (Å²) in [4.78, 5) is 12.6. The molecule has 0 amide bonds. The summed E-state index contributed by atoms with van der Waals surface area (Å²) in [6, 6.07) is 0. The molecule has 2 heteroatoms. The predicted molar refractivity (Wildman–Crippen MR) is 71.1 cm³/mol. The van der Waals surface area contributed by atoms with Gasteiger partial charge in [-0.2, -0.15) is 11.8 Å². The van der Waals surface area contributed by atoms with E-state index in [1.54, 1.807) is 0 Å². The van der Waals surface area contributed by atoms with Gasteiger partial charge >= 0.3 is 0 Å². The number of carbonyl (C=O) groups is 1. The van der Waals surface area contributed by atoms with E-state index < -0.39 is 0 Å². The molecule has 1 aliphatic heterocycles. The van der Waals surface area contributed by atoms with E-state index in [0.717, 1.165) is 17.6 Å². The van der Waals surface area contributed by atoms with Crippen LogP contribution >= 0.6 is 11.8 Å². The molecule has 3 saturated carbocycles. The second-order valence-corrected chi connectivity index (χ2v) is 8.75. The molecule has 0 unspecified atom stereocenters. The van der Waals surface area contributed by atoms with Crippen LogP contribution in [0.3, 0.4) is 0 Å². The minimum atomic E-state index is 0.0716. The van der Waals surface area contributed by atoms with Gasteiger partial charge < -0.3 is 0 Å². The van der Waals surface area contributed by atoms with E-state index >= 15 is 0 Å². The SMILES string of the molecule is CC1(C)[C@H]2CC[C@]1([C@H]1S[C@H]3CC[C@@H]1C3)C(=O)C2. The fourth-order valence-electron chi connectivity index (χ4n) is 5.59. The summed E-state index contributed by atoms with van der Waals surface area (Å²) >= 11 is 2.19. The van der Waals surface area contributed by atoms with Crippen molar-refractivity contribution >= 4 is 17.5 Å². The first-order valence-electron chi connectivity index (χ1n) is 7.24. The highest BCUT2D eigenvalue weighted by Gasteiger charge is 2.69. The van der Waals surface area contributed by atoms with Gasteiger partial charge in [-0.15, -0.1) is 0 Å². The average molecular weight is 250 g/mol. The highest BCUT2D eigenvalue weighted by molar-refractivity contribution is 8.00. The smallest absolute Gasteiger partial charge is 0.140 e. The van der Waals surface area contributed by atoms with Crippen LogP contribution in [0, 0.1) is 22.7 Å². The number of hydrogen-bond donors (Lipinski definition) is 0. The van der Waals surface area contributed by atoms with E-state index in [0.29, 0.717) is 17.0 Å². The van der Waals surface area contributed by atoms with Gasteiger partial charge in [-0.25, -0.2) is 0 Å². The molecule has 94 valence electrons. The normalized spacial score (nSPS) is 54.8. The first-order valence-corrected chi connectivity index (χ1v) is 8.19. The third-order valence-electron chi connectivity index (χ3n) is 6.66. The van der Waals surface area contributed by atoms with Gasteiger partial charge in [-0.1, -0.05) is 13.8 Å². The van der Waals surface area contributed by atoms with Crippen LogP contribution in [0.2, 0.25) is 0 Å². The highest BCUT2D eigenvalue weighted by atomic mass is 32.2. The van der Waals surface area contributed by atoms with E-state index in [2.05, 4.69) is 25.6 Å². The van der Waals surface area contributed by atoms with Crippen LogP contribution in [0.25, 0.3) is 0 Å². The van der Waals surface area contributed by atoms with Crippen LogP contribution in [-0.4, -0.2) is 16.3 Å². The van der Waals surface area contributed by atoms with Gasteiger partial charge in [0.25, 0.3) is 0 Å². The molecule has 1 heterocycles. The van der Waals surface area contributed by atoms with Crippen molar-refractivity contribution in [3.8, 4) is 0 Å². The molecular formula is C15H22OS. The summed E-state index contributed by atoms with van der Waals surface area (Å²) in [7, 11) is 0. The topological polar surface area (TPSA) is 17.1 Å². The largest absolute Gasteiger partial charge is 0.299 e. The van der Waals surface area contributed by atoms with Crippen molar-refractivity contribution in [2.45, 2.75) is 62.9 Å². The lowest BCUT2D eigenvalue weighted by Crippen LogP contribution is -2.47. The number of fused-ring (bicyclic) bond motifs is 4. The number of hydrogen-bond acceptors (Lipinski definition) is 2. The summed E-state index contributed by atoms with van der Waals surface area (Å²) in [6.45, 7) is 4.78. The molecule has 0 spiro atoms. The number of thioether (sulfide) groups is 1. The molecule has 4 fully saturated rings. The Hall–Kier alpha value is 0.0200. The van der Waals surface area contributed by atoms with Crippen LogP contribution in [0.5, 0.6) is 0 Å². The van der Waals surface area contributed by atoms with Crippen molar-refractivity contribution in [1.82, 2.24) is 0 Å². The molecule has 5 atom stereocenters. The average Bonchev–Trinajstić information content (AvgIpc) is 2.98. The second kappa shape index (κ2) is 3.12. The molecule has 0 aromatic carbocycles. The monoisotopic (exact) mass is 250 g/mol. The summed E-state index contributed by atoms with van der Waals surface area (Å²) in [5.74, 6) is 2.18. The van der Waals surface area contributed by atoms with Crippen molar-refractivity contribution in [1.29, 1.82) is 0 Å². The van der Waals surface area contributed by atoms with Crippen LogP contribution in [0.4, 0.5) is 0 Å². The van der Waals surface area contributed by atoms with Crippen molar-refractivity contribution in [2.75, 3.05) is 0 Å². The molecule has 4 bridgehead atoms. The molecule has 0 radical (unpaired) electrons. The molecule has 0 N–H and O–H groups in total. The Morgan fingerprint density at radius 2 is 2.06 bits per heavy atom. The molecule has 4 aliphatic rings. The van der Waals surface area contributed by atoms with Crippen molar-refractivity contribution in [3.63, 3.8) is 0 Å². The van der Waals surface area contributed by atoms with Gasteiger partial charge in [0.15, 0.2) is 0 Å². The lowest BCUT2D eigenvalue weighted by Gasteiger charge is -2.44. The fourth-order valence-corrected chi connectivity index (χ4v) is 7.89. The maximum Gasteiger partial charge on any atom is 0.140 e. The quantitative estimate of drug-likeness (QED) is 0.706. The molecular weight excluding hydrogens is 228 g/mol. The van der Waals surface area contributed by atoms with E-state index in [-0.39, 0.29) is 10.8 Å². The predicted octanol–water partition coefficient (Wildman–Crippen LogP) is 3.67. The molecule has 0 aromatic rings. The molecule has 4 rings (SSSR count). The number of Topliss-reactive ketones (excluding diaryl/α,β-unsaturated/α-hetero) is 1. The first-order chi connectivity index (χ1) is 8.05. The summed E-state index contributed by atoms with van der Waals surface area (Å²) < 4.78 is 0. The van der Waals surface area contributed by atoms with Gasteiger partial charge in [0.1, 0.15) is 5.78 Å². The Morgan fingerprint density at radius 1 is 1.24 bits per heavy atom. The number of carbonyl (C=O) groups excluding carboxylic acids is 1. The Labute approximate surface area is 108 Å². The Morgan fingerprint density at radius 3 is 2.53 bits per heavy atom. The summed E-state index contributed by atoms with van der Waals surface area (Å²) in [6.07, 6.45) is 7.63. The van der Waals surface area contributed by atoms with Gasteiger partial charge in [-0.05, 0) is 49.4 Å². The Balaban J connectivity index is 1.78. The standard InChI is InChI=1S/C15H22OS/c1-14(2)10-5-6-15(14,12(16)8-10)13-9-3-4-11(7-9)17-13/h9-11,13H,3-8H2,1-2H3/t9-,10+,11+,13+,15-/m1/s1. The lowest BCUT2D eigenvalue weighted by atomic mass is 9.64. The lowest BCUT2D eigenvalue weighted by molar-refractivity contribution is -0.130. The molecule has 0 aromatic heterocycles. The third kappa shape index (κ3) is 1.08. The van der Waals surface area contributed by atoms with Crippen molar-refractivity contribution in [2.24, 2.45) is 22.7 Å². The minimum Gasteiger partial charge on any atom is -0.299 e. The molecule has 3 aliphatic carbocycles. The van der Waals surface area contributed by atoms with E-state index in [4.69, 9.17) is 0 Å². The zero-order valence-corrected chi connectivity index (χ0v) is 11.7. The highest BCUT2D eigenvalue weighted by Crippen LogP contribution is 2.71. The van der Waals surface area contributed by atoms with Crippen LogP contribution in [0.15, 0.2) is 0 Å². The van der Waals surface area contributed by atoms with Gasteiger partial charge in [0.05, 0.1) is 0 Å². The van der Waals surface area contributed by atoms with Crippen molar-refractivity contribution < 1.29 is 4.79 Å². The maximum absolute atomic E-state index is 12.6. The van der Waals surface area contributed by atoms with Crippen LogP contribution in [-0.2, 0) is 4.79 Å². The zero-order valence-electron chi connectivity index (χ0n) is 10.9. The molecule has 17 heavy (non-hydrogen) atoms. The van der Waals surface area contributed by atoms with Gasteiger partial charge in [-0.3, -0.25) is 4.79 Å². The van der Waals surface area contributed by atoms with Gasteiger partial charge in [0.2, 0.25) is 0 Å². The van der Waals surface area contributed by atoms with Crippen LogP contribution in [0.1, 0.15) is 52.4 Å². The third-order valence-corrected chi connectivity index (χ3v) is 8.56. The summed E-state index contributed by atoms with van der Waals surface area (Å²) in [5.41, 5.74) is 0.356. The molecule has 1 nitrogen and oxygen atoms in total. The van der Waals surface area contributed by atoms with Crippen LogP contribution < -0.4 is 0 Å². The molecule has 1 saturated heterocycles. The first kappa shape index (κ1) is 10.9. The maximum atomic E-state index is 12.6. The number of rotatable bonds is 1. The van der Waals surface area contributed by atoms with Gasteiger partial charge in [0, 0.05) is 22.3 Å². The Bertz CT molecular complexity index is 388. The minimum absolute atomic E-state index is 0.0716. The number of ketones is 1.